The van der Waals surface area contributed by atoms with E-state index < -0.39 is 10.0 Å². The SMILES string of the molecule is CCc1ccc(S(=O)(=O)Nc2ccc(Cl)c(O[C@H]3CCN(C)C3)c2)cc1. The van der Waals surface area contributed by atoms with Crippen molar-refractivity contribution in [1.82, 2.24) is 4.90 Å². The smallest absolute Gasteiger partial charge is 0.261 e. The van der Waals surface area contributed by atoms with E-state index in [0.717, 1.165) is 31.5 Å². The van der Waals surface area contributed by atoms with Crippen LogP contribution >= 0.6 is 11.6 Å². The minimum absolute atomic E-state index is 0.0611. The van der Waals surface area contributed by atoms with Crippen LogP contribution in [0.5, 0.6) is 5.75 Å². The summed E-state index contributed by atoms with van der Waals surface area (Å²) in [5, 5.41) is 0.467. The van der Waals surface area contributed by atoms with Crippen LogP contribution < -0.4 is 9.46 Å². The van der Waals surface area contributed by atoms with Crippen LogP contribution in [-0.4, -0.2) is 39.6 Å². The van der Waals surface area contributed by atoms with Crippen molar-refractivity contribution in [3.05, 3.63) is 53.1 Å². The Morgan fingerprint density at radius 2 is 1.96 bits per heavy atom. The summed E-state index contributed by atoms with van der Waals surface area (Å²) < 4.78 is 33.7. The molecule has 1 saturated heterocycles. The van der Waals surface area contributed by atoms with Gasteiger partial charge >= 0.3 is 0 Å². The van der Waals surface area contributed by atoms with Gasteiger partial charge in [-0.3, -0.25) is 4.72 Å². The predicted octanol–water partition coefficient (Wildman–Crippen LogP) is 3.79. The van der Waals surface area contributed by atoms with Crippen molar-refractivity contribution in [2.45, 2.75) is 30.8 Å². The molecule has 2 aromatic rings. The van der Waals surface area contributed by atoms with Crippen molar-refractivity contribution in [3.63, 3.8) is 0 Å². The van der Waals surface area contributed by atoms with Gasteiger partial charge < -0.3 is 9.64 Å². The topological polar surface area (TPSA) is 58.6 Å². The third-order valence-corrected chi connectivity index (χ3v) is 6.18. The van der Waals surface area contributed by atoms with Gasteiger partial charge in [-0.2, -0.15) is 0 Å². The second-order valence-corrected chi connectivity index (χ2v) is 8.63. The highest BCUT2D eigenvalue weighted by molar-refractivity contribution is 7.92. The van der Waals surface area contributed by atoms with E-state index in [1.165, 1.54) is 0 Å². The summed E-state index contributed by atoms with van der Waals surface area (Å²) in [6, 6.07) is 11.8. The summed E-state index contributed by atoms with van der Waals surface area (Å²) in [4.78, 5) is 2.41. The molecule has 1 heterocycles. The number of rotatable bonds is 6. The number of ether oxygens (including phenoxy) is 1. The van der Waals surface area contributed by atoms with Gasteiger partial charge in [0.15, 0.2) is 0 Å². The number of halogens is 1. The van der Waals surface area contributed by atoms with Gasteiger partial charge in [-0.15, -0.1) is 0 Å². The van der Waals surface area contributed by atoms with E-state index in [9.17, 15) is 8.42 Å². The summed E-state index contributed by atoms with van der Waals surface area (Å²) >= 11 is 6.22. The summed E-state index contributed by atoms with van der Waals surface area (Å²) in [6.07, 6.45) is 1.85. The molecule has 0 radical (unpaired) electrons. The van der Waals surface area contributed by atoms with E-state index in [4.69, 9.17) is 16.3 Å². The monoisotopic (exact) mass is 394 g/mol. The Morgan fingerprint density at radius 1 is 1.23 bits per heavy atom. The number of hydrogen-bond acceptors (Lipinski definition) is 4. The molecular weight excluding hydrogens is 372 g/mol. The van der Waals surface area contributed by atoms with Gasteiger partial charge in [-0.05, 0) is 49.7 Å². The normalized spacial score (nSPS) is 18.0. The van der Waals surface area contributed by atoms with Gasteiger partial charge in [0.2, 0.25) is 0 Å². The first kappa shape index (κ1) is 19.0. The number of likely N-dealkylation sites (N-methyl/N-ethyl adjacent to an activating group) is 1. The Bertz CT molecular complexity index is 869. The molecule has 1 aliphatic rings. The molecule has 5 nitrogen and oxygen atoms in total. The van der Waals surface area contributed by atoms with Crippen molar-refractivity contribution < 1.29 is 13.2 Å². The fourth-order valence-corrected chi connectivity index (χ4v) is 4.16. The lowest BCUT2D eigenvalue weighted by atomic mass is 10.2. The molecule has 1 atom stereocenters. The molecule has 2 aromatic carbocycles. The average Bonchev–Trinajstić information content (AvgIpc) is 3.02. The van der Waals surface area contributed by atoms with Crippen LogP contribution in [0.2, 0.25) is 5.02 Å². The number of sulfonamides is 1. The van der Waals surface area contributed by atoms with Crippen molar-refractivity contribution in [2.75, 3.05) is 24.9 Å². The lowest BCUT2D eigenvalue weighted by molar-refractivity contribution is 0.208. The van der Waals surface area contributed by atoms with Crippen molar-refractivity contribution in [2.24, 2.45) is 0 Å². The molecule has 26 heavy (non-hydrogen) atoms. The molecule has 3 rings (SSSR count). The molecule has 0 amide bonds. The Hall–Kier alpha value is -1.76. The zero-order valence-corrected chi connectivity index (χ0v) is 16.5. The van der Waals surface area contributed by atoms with E-state index in [1.807, 2.05) is 26.1 Å². The highest BCUT2D eigenvalue weighted by Crippen LogP contribution is 2.31. The van der Waals surface area contributed by atoms with Gasteiger partial charge in [0.05, 0.1) is 15.6 Å². The number of aryl methyl sites for hydroxylation is 1. The summed E-state index contributed by atoms with van der Waals surface area (Å²) in [5.74, 6) is 0.494. The summed E-state index contributed by atoms with van der Waals surface area (Å²) in [7, 11) is -1.62. The number of nitrogens with zero attached hydrogens (tertiary/aromatic N) is 1. The number of nitrogens with one attached hydrogen (secondary N) is 1. The largest absolute Gasteiger partial charge is 0.487 e. The van der Waals surface area contributed by atoms with Gasteiger partial charge in [0, 0.05) is 19.2 Å². The highest BCUT2D eigenvalue weighted by Gasteiger charge is 2.22. The number of anilines is 1. The Kier molecular flexibility index (Phi) is 5.75. The zero-order valence-electron chi connectivity index (χ0n) is 14.9. The molecule has 7 heteroatoms. The number of benzene rings is 2. The second kappa shape index (κ2) is 7.86. The van der Waals surface area contributed by atoms with Gasteiger partial charge in [0.25, 0.3) is 10.0 Å². The van der Waals surface area contributed by atoms with Crippen LogP contribution in [-0.2, 0) is 16.4 Å². The van der Waals surface area contributed by atoms with Crippen LogP contribution in [0, 0.1) is 0 Å². The van der Waals surface area contributed by atoms with E-state index >= 15 is 0 Å². The molecule has 0 aromatic heterocycles. The van der Waals surface area contributed by atoms with Crippen LogP contribution in [0.15, 0.2) is 47.4 Å². The minimum Gasteiger partial charge on any atom is -0.487 e. The summed E-state index contributed by atoms with van der Waals surface area (Å²) in [5.41, 5.74) is 1.52. The average molecular weight is 395 g/mol. The molecule has 1 fully saturated rings. The quantitative estimate of drug-likeness (QED) is 0.809. The fraction of sp³-hybridized carbons (Fsp3) is 0.368. The maximum Gasteiger partial charge on any atom is 0.261 e. The molecule has 1 N–H and O–H groups in total. The molecule has 0 unspecified atom stereocenters. The van der Waals surface area contributed by atoms with Crippen molar-refractivity contribution >= 4 is 27.3 Å². The number of likely N-dealkylation sites (tertiary alicyclic amines) is 1. The first-order chi connectivity index (χ1) is 12.4. The molecular formula is C19H23ClN2O3S. The molecule has 140 valence electrons. The van der Waals surface area contributed by atoms with E-state index in [0.29, 0.717) is 16.5 Å². The Morgan fingerprint density at radius 3 is 2.58 bits per heavy atom. The minimum atomic E-state index is -3.66. The molecule has 0 bridgehead atoms. The third-order valence-electron chi connectivity index (χ3n) is 4.47. The van der Waals surface area contributed by atoms with Gasteiger partial charge in [-0.25, -0.2) is 8.42 Å². The second-order valence-electron chi connectivity index (χ2n) is 6.54. The fourth-order valence-electron chi connectivity index (χ4n) is 2.95. The van der Waals surface area contributed by atoms with Crippen LogP contribution in [0.4, 0.5) is 5.69 Å². The van der Waals surface area contributed by atoms with Crippen molar-refractivity contribution in [3.8, 4) is 5.75 Å². The number of hydrogen-bond donors (Lipinski definition) is 1. The zero-order chi connectivity index (χ0) is 18.7. The van der Waals surface area contributed by atoms with Crippen molar-refractivity contribution in [1.29, 1.82) is 0 Å². The van der Waals surface area contributed by atoms with Crippen LogP contribution in [0.1, 0.15) is 18.9 Å². The lowest BCUT2D eigenvalue weighted by Gasteiger charge is -2.16. The predicted molar refractivity (Wildman–Crippen MR) is 105 cm³/mol. The van der Waals surface area contributed by atoms with Gasteiger partial charge in [-0.1, -0.05) is 30.7 Å². The first-order valence-electron chi connectivity index (χ1n) is 8.64. The highest BCUT2D eigenvalue weighted by atomic mass is 35.5. The molecule has 1 aliphatic heterocycles. The van der Waals surface area contributed by atoms with E-state index in [2.05, 4.69) is 9.62 Å². The molecule has 0 saturated carbocycles. The van der Waals surface area contributed by atoms with Crippen LogP contribution in [0.25, 0.3) is 0 Å². The maximum absolute atomic E-state index is 12.6. The molecule has 0 spiro atoms. The Balaban J connectivity index is 1.77. The molecule has 0 aliphatic carbocycles. The first-order valence-corrected chi connectivity index (χ1v) is 10.5. The van der Waals surface area contributed by atoms with E-state index in [-0.39, 0.29) is 11.0 Å². The van der Waals surface area contributed by atoms with Crippen LogP contribution in [0.3, 0.4) is 0 Å². The lowest BCUT2D eigenvalue weighted by Crippen LogP contribution is -2.21. The Labute approximate surface area is 160 Å². The van der Waals surface area contributed by atoms with Gasteiger partial charge in [0.1, 0.15) is 11.9 Å². The third kappa shape index (κ3) is 4.50. The standard InChI is InChI=1S/C19H23ClN2O3S/c1-3-14-4-7-17(8-5-14)26(23,24)21-15-6-9-18(20)19(12-15)25-16-10-11-22(2)13-16/h4-9,12,16,21H,3,10-11,13H2,1-2H3/t16-/m0/s1. The van der Waals surface area contributed by atoms with E-state index in [1.54, 1.807) is 30.3 Å². The summed E-state index contributed by atoms with van der Waals surface area (Å²) in [6.45, 7) is 3.83. The maximum atomic E-state index is 12.6.